The maximum Gasteiger partial charge on any atom is 0.272 e. The number of rotatable bonds is 6. The molecule has 1 unspecified atom stereocenters. The fourth-order valence-corrected chi connectivity index (χ4v) is 2.23. The van der Waals surface area contributed by atoms with Crippen molar-refractivity contribution in [3.8, 4) is 0 Å². The molecule has 0 bridgehead atoms. The summed E-state index contributed by atoms with van der Waals surface area (Å²) in [6.45, 7) is 0. The third kappa shape index (κ3) is 3.83. The molecular formula is C14H14ClNO3. The van der Waals surface area contributed by atoms with E-state index in [-0.39, 0.29) is 16.0 Å². The normalized spacial score (nSPS) is 12.3. The summed E-state index contributed by atoms with van der Waals surface area (Å²) in [5.74, 6) is 0.883. The minimum Gasteiger partial charge on any atom is -0.469 e. The van der Waals surface area contributed by atoms with Gasteiger partial charge in [0.2, 0.25) is 0 Å². The highest BCUT2D eigenvalue weighted by molar-refractivity contribution is 6.20. The molecule has 0 saturated heterocycles. The van der Waals surface area contributed by atoms with E-state index in [1.807, 2.05) is 12.1 Å². The number of aryl methyl sites for hydroxylation is 1. The van der Waals surface area contributed by atoms with Crippen molar-refractivity contribution in [3.63, 3.8) is 0 Å². The van der Waals surface area contributed by atoms with Crippen LogP contribution in [0.5, 0.6) is 0 Å². The molecule has 0 radical (unpaired) electrons. The van der Waals surface area contributed by atoms with Crippen molar-refractivity contribution in [3.05, 3.63) is 64.1 Å². The second-order valence-corrected chi connectivity index (χ2v) is 4.92. The Kier molecular flexibility index (Phi) is 4.58. The monoisotopic (exact) mass is 279 g/mol. The summed E-state index contributed by atoms with van der Waals surface area (Å²) in [6, 6.07) is 10.4. The summed E-state index contributed by atoms with van der Waals surface area (Å²) >= 11 is 6.24. The van der Waals surface area contributed by atoms with Gasteiger partial charge in [0, 0.05) is 23.4 Å². The van der Waals surface area contributed by atoms with Crippen molar-refractivity contribution in [2.24, 2.45) is 0 Å². The summed E-state index contributed by atoms with van der Waals surface area (Å²) in [5.41, 5.74) is 0.804. The van der Waals surface area contributed by atoms with Crippen molar-refractivity contribution in [2.45, 2.75) is 24.6 Å². The first-order valence-corrected chi connectivity index (χ1v) is 6.49. The number of hydrogen-bond acceptors (Lipinski definition) is 3. The molecule has 0 saturated carbocycles. The predicted molar refractivity (Wildman–Crippen MR) is 73.5 cm³/mol. The van der Waals surface area contributed by atoms with Crippen molar-refractivity contribution < 1.29 is 9.34 Å². The van der Waals surface area contributed by atoms with Crippen LogP contribution in [0.1, 0.15) is 17.7 Å². The lowest BCUT2D eigenvalue weighted by Gasteiger charge is -2.08. The SMILES string of the molecule is O=[N+]([O-])c1ccccc1CC(Cl)CCc1ccco1. The van der Waals surface area contributed by atoms with Gasteiger partial charge in [-0.2, -0.15) is 0 Å². The largest absolute Gasteiger partial charge is 0.469 e. The van der Waals surface area contributed by atoms with Gasteiger partial charge >= 0.3 is 0 Å². The van der Waals surface area contributed by atoms with E-state index in [1.165, 1.54) is 6.07 Å². The molecule has 5 heteroatoms. The van der Waals surface area contributed by atoms with Gasteiger partial charge in [-0.3, -0.25) is 10.1 Å². The number of alkyl halides is 1. The predicted octanol–water partition coefficient (Wildman–Crippen LogP) is 3.97. The van der Waals surface area contributed by atoms with Gasteiger partial charge in [-0.1, -0.05) is 18.2 Å². The smallest absolute Gasteiger partial charge is 0.272 e. The lowest BCUT2D eigenvalue weighted by molar-refractivity contribution is -0.385. The zero-order valence-electron chi connectivity index (χ0n) is 10.3. The van der Waals surface area contributed by atoms with E-state index in [2.05, 4.69) is 0 Å². The van der Waals surface area contributed by atoms with Crippen molar-refractivity contribution in [2.75, 3.05) is 0 Å². The number of nitro benzene ring substituents is 1. The van der Waals surface area contributed by atoms with Crippen LogP contribution in [0, 0.1) is 10.1 Å². The van der Waals surface area contributed by atoms with Crippen LogP contribution in [-0.4, -0.2) is 10.3 Å². The summed E-state index contributed by atoms with van der Waals surface area (Å²) < 4.78 is 5.23. The molecule has 1 aromatic carbocycles. The van der Waals surface area contributed by atoms with Gasteiger partial charge in [-0.05, 0) is 25.0 Å². The molecule has 0 fully saturated rings. The molecule has 100 valence electrons. The van der Waals surface area contributed by atoms with Crippen molar-refractivity contribution >= 4 is 17.3 Å². The quantitative estimate of drug-likeness (QED) is 0.457. The number of para-hydroxylation sites is 1. The van der Waals surface area contributed by atoms with E-state index in [9.17, 15) is 10.1 Å². The van der Waals surface area contributed by atoms with E-state index in [4.69, 9.17) is 16.0 Å². The molecule has 0 amide bonds. The Morgan fingerprint density at radius 1 is 1.26 bits per heavy atom. The van der Waals surface area contributed by atoms with Gasteiger partial charge in [0.15, 0.2) is 0 Å². The molecule has 0 spiro atoms. The fraction of sp³-hybridized carbons (Fsp3) is 0.286. The lowest BCUT2D eigenvalue weighted by Crippen LogP contribution is -2.07. The minimum atomic E-state index is -0.370. The van der Waals surface area contributed by atoms with Gasteiger partial charge in [0.05, 0.1) is 11.2 Å². The molecule has 2 rings (SSSR count). The topological polar surface area (TPSA) is 56.3 Å². The molecule has 0 N–H and O–H groups in total. The average Bonchev–Trinajstić information content (AvgIpc) is 2.90. The van der Waals surface area contributed by atoms with Gasteiger partial charge < -0.3 is 4.42 Å². The van der Waals surface area contributed by atoms with Gasteiger partial charge in [-0.15, -0.1) is 11.6 Å². The summed E-state index contributed by atoms with van der Waals surface area (Å²) in [6.07, 6.45) is 3.57. The van der Waals surface area contributed by atoms with Crippen LogP contribution in [0.15, 0.2) is 47.1 Å². The Morgan fingerprint density at radius 3 is 2.74 bits per heavy atom. The van der Waals surface area contributed by atoms with E-state index >= 15 is 0 Å². The zero-order chi connectivity index (χ0) is 13.7. The number of halogens is 1. The second kappa shape index (κ2) is 6.38. The first-order valence-electron chi connectivity index (χ1n) is 6.05. The minimum absolute atomic E-state index is 0.131. The van der Waals surface area contributed by atoms with E-state index in [0.29, 0.717) is 12.0 Å². The summed E-state index contributed by atoms with van der Waals surface area (Å²) in [5, 5.41) is 10.7. The number of furan rings is 1. The van der Waals surface area contributed by atoms with Crippen LogP contribution in [0.4, 0.5) is 5.69 Å². The Bertz CT molecular complexity index is 539. The summed E-state index contributed by atoms with van der Waals surface area (Å²) in [4.78, 5) is 10.5. The van der Waals surface area contributed by atoms with E-state index < -0.39 is 0 Å². The first kappa shape index (κ1) is 13.6. The van der Waals surface area contributed by atoms with Crippen LogP contribution in [0.2, 0.25) is 0 Å². The second-order valence-electron chi connectivity index (χ2n) is 4.31. The van der Waals surface area contributed by atoms with Crippen molar-refractivity contribution in [1.82, 2.24) is 0 Å². The van der Waals surface area contributed by atoms with Crippen LogP contribution < -0.4 is 0 Å². The van der Waals surface area contributed by atoms with Crippen LogP contribution >= 0.6 is 11.6 Å². The summed E-state index contributed by atoms with van der Waals surface area (Å²) in [7, 11) is 0. The Morgan fingerprint density at radius 2 is 2.05 bits per heavy atom. The molecule has 0 aliphatic heterocycles. The van der Waals surface area contributed by atoms with Gasteiger partial charge in [0.25, 0.3) is 5.69 Å². The third-order valence-electron chi connectivity index (χ3n) is 2.91. The fourth-order valence-electron chi connectivity index (χ4n) is 1.96. The molecule has 1 atom stereocenters. The van der Waals surface area contributed by atoms with Gasteiger partial charge in [-0.25, -0.2) is 0 Å². The Balaban J connectivity index is 1.95. The van der Waals surface area contributed by atoms with E-state index in [0.717, 1.165) is 18.6 Å². The van der Waals surface area contributed by atoms with Crippen LogP contribution in [0.25, 0.3) is 0 Å². The molecule has 0 aliphatic carbocycles. The molecule has 19 heavy (non-hydrogen) atoms. The highest BCUT2D eigenvalue weighted by Gasteiger charge is 2.16. The average molecular weight is 280 g/mol. The zero-order valence-corrected chi connectivity index (χ0v) is 11.0. The third-order valence-corrected chi connectivity index (χ3v) is 3.29. The highest BCUT2D eigenvalue weighted by Crippen LogP contribution is 2.22. The first-order chi connectivity index (χ1) is 9.16. The van der Waals surface area contributed by atoms with E-state index in [1.54, 1.807) is 24.5 Å². The number of nitrogens with zero attached hydrogens (tertiary/aromatic N) is 1. The molecule has 1 heterocycles. The standard InChI is InChI=1S/C14H14ClNO3/c15-12(7-8-13-5-3-9-19-13)10-11-4-1-2-6-14(11)16(17)18/h1-6,9,12H,7-8,10H2. The van der Waals surface area contributed by atoms with Gasteiger partial charge in [0.1, 0.15) is 5.76 Å². The number of nitro groups is 1. The lowest BCUT2D eigenvalue weighted by atomic mass is 10.0. The molecular weight excluding hydrogens is 266 g/mol. The molecule has 0 aliphatic rings. The maximum atomic E-state index is 10.9. The molecule has 2 aromatic rings. The number of benzene rings is 1. The van der Waals surface area contributed by atoms with Crippen LogP contribution in [0.3, 0.4) is 0 Å². The number of hydrogen-bond donors (Lipinski definition) is 0. The Hall–Kier alpha value is -1.81. The molecule has 1 aromatic heterocycles. The van der Waals surface area contributed by atoms with Crippen molar-refractivity contribution in [1.29, 1.82) is 0 Å². The van der Waals surface area contributed by atoms with Crippen LogP contribution in [-0.2, 0) is 12.8 Å². The molecule has 4 nitrogen and oxygen atoms in total. The highest BCUT2D eigenvalue weighted by atomic mass is 35.5. The maximum absolute atomic E-state index is 10.9. The Labute approximate surface area is 116 Å².